The second-order valence-electron chi connectivity index (χ2n) is 4.69. The van der Waals surface area contributed by atoms with Gasteiger partial charge in [0.25, 0.3) is 0 Å². The van der Waals surface area contributed by atoms with Crippen molar-refractivity contribution in [2.24, 2.45) is 0 Å². The van der Waals surface area contributed by atoms with E-state index in [4.69, 9.17) is 4.74 Å². The van der Waals surface area contributed by atoms with Crippen LogP contribution in [0, 0.1) is 0 Å². The Kier molecular flexibility index (Phi) is 4.34. The van der Waals surface area contributed by atoms with Gasteiger partial charge in [0.05, 0.1) is 6.61 Å². The number of rotatable bonds is 6. The van der Waals surface area contributed by atoms with E-state index in [0.29, 0.717) is 4.75 Å². The van der Waals surface area contributed by atoms with Crippen LogP contribution in [0.4, 0.5) is 5.95 Å². The van der Waals surface area contributed by atoms with E-state index in [-0.39, 0.29) is 0 Å². The summed E-state index contributed by atoms with van der Waals surface area (Å²) in [6.07, 6.45) is 6.46. The number of ether oxygens (including phenoxy) is 1. The van der Waals surface area contributed by atoms with Crippen LogP contribution in [0.5, 0.6) is 0 Å². The second-order valence-corrected chi connectivity index (χ2v) is 6.38. The lowest BCUT2D eigenvalue weighted by molar-refractivity contribution is 0.187. The van der Waals surface area contributed by atoms with Crippen LogP contribution in [0.2, 0.25) is 0 Å². The highest BCUT2D eigenvalue weighted by Gasteiger charge is 2.29. The van der Waals surface area contributed by atoms with Crippen molar-refractivity contribution in [2.75, 3.05) is 31.3 Å². The van der Waals surface area contributed by atoms with Gasteiger partial charge in [-0.3, -0.25) is 0 Å². The molecule has 1 N–H and O–H groups in total. The molecule has 0 aromatic carbocycles. The molecule has 0 bridgehead atoms. The standard InChI is InChI=1S/C12H21N3OS/c1-12(4-3-9-17-12)10-14-11-13-5-6-15(11)7-8-16-2/h5-6H,3-4,7-10H2,1-2H3,(H,13,14). The van der Waals surface area contributed by atoms with Crippen LogP contribution in [0.15, 0.2) is 12.4 Å². The molecule has 5 heteroatoms. The van der Waals surface area contributed by atoms with E-state index in [0.717, 1.165) is 25.6 Å². The van der Waals surface area contributed by atoms with Crippen LogP contribution < -0.4 is 5.32 Å². The van der Waals surface area contributed by atoms with Gasteiger partial charge in [0.2, 0.25) is 5.95 Å². The van der Waals surface area contributed by atoms with Gasteiger partial charge in [0, 0.05) is 37.3 Å². The van der Waals surface area contributed by atoms with Crippen molar-refractivity contribution in [1.29, 1.82) is 0 Å². The molecular weight excluding hydrogens is 234 g/mol. The van der Waals surface area contributed by atoms with Crippen LogP contribution >= 0.6 is 11.8 Å². The monoisotopic (exact) mass is 255 g/mol. The molecule has 1 aromatic heterocycles. The lowest BCUT2D eigenvalue weighted by atomic mass is 10.1. The Morgan fingerprint density at radius 1 is 1.65 bits per heavy atom. The minimum Gasteiger partial charge on any atom is -0.383 e. The van der Waals surface area contributed by atoms with Gasteiger partial charge in [-0.2, -0.15) is 11.8 Å². The number of nitrogens with zero attached hydrogens (tertiary/aromatic N) is 2. The third kappa shape index (κ3) is 3.39. The fourth-order valence-corrected chi connectivity index (χ4v) is 3.33. The third-order valence-corrected chi connectivity index (χ3v) is 4.71. The molecule has 0 spiro atoms. The Bertz CT molecular complexity index is 347. The van der Waals surface area contributed by atoms with Crippen LogP contribution in [-0.4, -0.2) is 40.3 Å². The number of hydrogen-bond acceptors (Lipinski definition) is 4. The zero-order valence-electron chi connectivity index (χ0n) is 10.6. The summed E-state index contributed by atoms with van der Waals surface area (Å²) >= 11 is 2.07. The molecule has 1 atom stereocenters. The van der Waals surface area contributed by atoms with Gasteiger partial charge in [-0.1, -0.05) is 0 Å². The van der Waals surface area contributed by atoms with Gasteiger partial charge in [-0.15, -0.1) is 0 Å². The third-order valence-electron chi connectivity index (χ3n) is 3.17. The quantitative estimate of drug-likeness (QED) is 0.846. The Morgan fingerprint density at radius 2 is 2.53 bits per heavy atom. The average molecular weight is 255 g/mol. The van der Waals surface area contributed by atoms with E-state index in [1.807, 2.05) is 12.4 Å². The summed E-state index contributed by atoms with van der Waals surface area (Å²) in [5.74, 6) is 2.24. The van der Waals surface area contributed by atoms with Crippen molar-refractivity contribution in [3.63, 3.8) is 0 Å². The predicted octanol–water partition coefficient (Wildman–Crippen LogP) is 2.23. The van der Waals surface area contributed by atoms with Gasteiger partial charge in [0.1, 0.15) is 0 Å². The van der Waals surface area contributed by atoms with Gasteiger partial charge in [0.15, 0.2) is 0 Å². The molecule has 1 aromatic rings. The molecule has 0 amide bonds. The molecule has 0 saturated carbocycles. The molecule has 1 unspecified atom stereocenters. The maximum Gasteiger partial charge on any atom is 0.202 e. The Morgan fingerprint density at radius 3 is 3.24 bits per heavy atom. The van der Waals surface area contributed by atoms with Crippen molar-refractivity contribution < 1.29 is 4.74 Å². The van der Waals surface area contributed by atoms with Crippen LogP contribution in [0.3, 0.4) is 0 Å². The zero-order valence-corrected chi connectivity index (χ0v) is 11.4. The molecule has 1 aliphatic rings. The van der Waals surface area contributed by atoms with E-state index in [1.54, 1.807) is 7.11 Å². The fourth-order valence-electron chi connectivity index (χ4n) is 2.09. The minimum absolute atomic E-state index is 0.373. The highest BCUT2D eigenvalue weighted by Crippen LogP contribution is 2.37. The number of aromatic nitrogens is 2. The van der Waals surface area contributed by atoms with E-state index in [1.165, 1.54) is 18.6 Å². The number of hydrogen-bond donors (Lipinski definition) is 1. The Balaban J connectivity index is 1.87. The summed E-state index contributed by atoms with van der Waals surface area (Å²) in [6.45, 7) is 4.89. The predicted molar refractivity (Wildman–Crippen MR) is 72.7 cm³/mol. The molecule has 1 aliphatic heterocycles. The van der Waals surface area contributed by atoms with E-state index in [9.17, 15) is 0 Å². The largest absolute Gasteiger partial charge is 0.383 e. The van der Waals surface area contributed by atoms with Gasteiger partial charge in [-0.05, 0) is 25.5 Å². The molecule has 4 nitrogen and oxygen atoms in total. The second kappa shape index (κ2) is 5.78. The normalized spacial score (nSPS) is 24.1. The number of methoxy groups -OCH3 is 1. The van der Waals surface area contributed by atoms with Gasteiger partial charge >= 0.3 is 0 Å². The molecule has 0 radical (unpaired) electrons. The lowest BCUT2D eigenvalue weighted by Crippen LogP contribution is -2.28. The fraction of sp³-hybridized carbons (Fsp3) is 0.750. The van der Waals surface area contributed by atoms with Gasteiger partial charge in [-0.25, -0.2) is 4.98 Å². The highest BCUT2D eigenvalue weighted by molar-refractivity contribution is 8.00. The van der Waals surface area contributed by atoms with E-state index >= 15 is 0 Å². The lowest BCUT2D eigenvalue weighted by Gasteiger charge is -2.23. The molecule has 1 fully saturated rings. The van der Waals surface area contributed by atoms with Crippen LogP contribution in [-0.2, 0) is 11.3 Å². The maximum atomic E-state index is 5.09. The van der Waals surface area contributed by atoms with Crippen LogP contribution in [0.25, 0.3) is 0 Å². The maximum absolute atomic E-state index is 5.09. The Labute approximate surface area is 107 Å². The molecule has 1 saturated heterocycles. The van der Waals surface area contributed by atoms with Crippen molar-refractivity contribution in [1.82, 2.24) is 9.55 Å². The number of imidazole rings is 1. The SMILES string of the molecule is COCCn1ccnc1NCC1(C)CCCS1. The number of nitrogens with one attached hydrogen (secondary N) is 1. The summed E-state index contributed by atoms with van der Waals surface area (Å²) in [5, 5.41) is 3.46. The first-order valence-electron chi connectivity index (χ1n) is 6.11. The van der Waals surface area contributed by atoms with Crippen molar-refractivity contribution in [3.05, 3.63) is 12.4 Å². The summed E-state index contributed by atoms with van der Waals surface area (Å²) < 4.78 is 7.56. The van der Waals surface area contributed by atoms with Crippen molar-refractivity contribution in [2.45, 2.75) is 31.1 Å². The zero-order chi connectivity index (χ0) is 12.1. The molecule has 96 valence electrons. The van der Waals surface area contributed by atoms with Crippen molar-refractivity contribution >= 4 is 17.7 Å². The summed E-state index contributed by atoms with van der Waals surface area (Å²) in [5.41, 5.74) is 0. The number of thioether (sulfide) groups is 1. The Hall–Kier alpha value is -0.680. The summed E-state index contributed by atoms with van der Waals surface area (Å²) in [7, 11) is 1.72. The van der Waals surface area contributed by atoms with Crippen LogP contribution in [0.1, 0.15) is 19.8 Å². The molecule has 17 heavy (non-hydrogen) atoms. The van der Waals surface area contributed by atoms with E-state index in [2.05, 4.69) is 33.6 Å². The highest BCUT2D eigenvalue weighted by atomic mass is 32.2. The molecule has 2 rings (SSSR count). The van der Waals surface area contributed by atoms with Crippen molar-refractivity contribution in [3.8, 4) is 0 Å². The topological polar surface area (TPSA) is 39.1 Å². The molecular formula is C12H21N3OS. The summed E-state index contributed by atoms with van der Waals surface area (Å²) in [4.78, 5) is 4.35. The van der Waals surface area contributed by atoms with E-state index < -0.39 is 0 Å². The van der Waals surface area contributed by atoms with Gasteiger partial charge < -0.3 is 14.6 Å². The first-order valence-corrected chi connectivity index (χ1v) is 7.10. The number of anilines is 1. The first kappa shape index (κ1) is 12.8. The smallest absolute Gasteiger partial charge is 0.202 e. The average Bonchev–Trinajstić information content (AvgIpc) is 2.93. The summed E-state index contributed by atoms with van der Waals surface area (Å²) in [6, 6.07) is 0. The molecule has 0 aliphatic carbocycles. The molecule has 2 heterocycles. The minimum atomic E-state index is 0.373. The first-order chi connectivity index (χ1) is 8.23.